The average molecular weight is 350 g/mol. The fourth-order valence-corrected chi connectivity index (χ4v) is 3.72. The van der Waals surface area contributed by atoms with E-state index < -0.39 is 0 Å². The fourth-order valence-electron chi connectivity index (χ4n) is 3.72. The standard InChI is InChI=1S/C21H22N2O3/c1-3-26-14-9-10-17-15(11-14)16-12-18(21(24)25-2)23-19(20(16)22-17)13-7-5-4-6-8-13/h4-11,18-19,22-23H,3,12H2,1-2H3. The van der Waals surface area contributed by atoms with Gasteiger partial charge in [-0.05, 0) is 36.2 Å². The fraction of sp³-hybridized carbons (Fsp3) is 0.286. The highest BCUT2D eigenvalue weighted by Crippen LogP contribution is 2.36. The van der Waals surface area contributed by atoms with E-state index >= 15 is 0 Å². The molecular formula is C21H22N2O3. The van der Waals surface area contributed by atoms with E-state index in [4.69, 9.17) is 9.47 Å². The Kier molecular flexibility index (Phi) is 4.39. The molecule has 26 heavy (non-hydrogen) atoms. The molecule has 0 bridgehead atoms. The molecular weight excluding hydrogens is 328 g/mol. The molecule has 4 rings (SSSR count). The van der Waals surface area contributed by atoms with E-state index in [1.165, 1.54) is 7.11 Å². The van der Waals surface area contributed by atoms with Gasteiger partial charge in [-0.1, -0.05) is 30.3 Å². The summed E-state index contributed by atoms with van der Waals surface area (Å²) in [4.78, 5) is 15.8. The van der Waals surface area contributed by atoms with Crippen molar-refractivity contribution in [1.29, 1.82) is 0 Å². The molecule has 2 atom stereocenters. The van der Waals surface area contributed by atoms with Gasteiger partial charge >= 0.3 is 5.97 Å². The molecule has 1 aliphatic rings. The number of carbonyl (C=O) groups excluding carboxylic acids is 1. The molecule has 0 saturated heterocycles. The van der Waals surface area contributed by atoms with E-state index in [0.717, 1.165) is 33.5 Å². The number of carbonyl (C=O) groups is 1. The van der Waals surface area contributed by atoms with Gasteiger partial charge in [0, 0.05) is 23.0 Å². The number of esters is 1. The van der Waals surface area contributed by atoms with Gasteiger partial charge < -0.3 is 14.5 Å². The first-order valence-electron chi connectivity index (χ1n) is 8.87. The minimum Gasteiger partial charge on any atom is -0.494 e. The minimum absolute atomic E-state index is 0.0907. The van der Waals surface area contributed by atoms with Crippen LogP contribution in [0.1, 0.15) is 29.8 Å². The zero-order chi connectivity index (χ0) is 18.1. The summed E-state index contributed by atoms with van der Waals surface area (Å²) in [6.07, 6.45) is 0.584. The second-order valence-corrected chi connectivity index (χ2v) is 6.45. The van der Waals surface area contributed by atoms with Crippen molar-refractivity contribution < 1.29 is 14.3 Å². The lowest BCUT2D eigenvalue weighted by Crippen LogP contribution is -2.45. The number of fused-ring (bicyclic) bond motifs is 3. The smallest absolute Gasteiger partial charge is 0.323 e. The van der Waals surface area contributed by atoms with Crippen molar-refractivity contribution in [2.75, 3.05) is 13.7 Å². The van der Waals surface area contributed by atoms with Crippen LogP contribution in [-0.2, 0) is 16.0 Å². The van der Waals surface area contributed by atoms with E-state index in [0.29, 0.717) is 13.0 Å². The molecule has 5 nitrogen and oxygen atoms in total. The number of rotatable bonds is 4. The lowest BCUT2D eigenvalue weighted by atomic mass is 9.90. The van der Waals surface area contributed by atoms with Gasteiger partial charge in [-0.3, -0.25) is 10.1 Å². The Morgan fingerprint density at radius 2 is 2.00 bits per heavy atom. The van der Waals surface area contributed by atoms with Crippen LogP contribution in [0.5, 0.6) is 5.75 Å². The van der Waals surface area contributed by atoms with Gasteiger partial charge in [0.15, 0.2) is 0 Å². The van der Waals surface area contributed by atoms with Gasteiger partial charge in [0.2, 0.25) is 0 Å². The van der Waals surface area contributed by atoms with Crippen LogP contribution in [0.2, 0.25) is 0 Å². The molecule has 1 aliphatic heterocycles. The lowest BCUT2D eigenvalue weighted by Gasteiger charge is -2.30. The van der Waals surface area contributed by atoms with E-state index in [-0.39, 0.29) is 18.1 Å². The van der Waals surface area contributed by atoms with Crippen molar-refractivity contribution in [3.63, 3.8) is 0 Å². The van der Waals surface area contributed by atoms with Crippen molar-refractivity contribution in [1.82, 2.24) is 10.3 Å². The Balaban J connectivity index is 1.86. The molecule has 0 fully saturated rings. The van der Waals surface area contributed by atoms with E-state index in [2.05, 4.69) is 28.5 Å². The molecule has 3 aromatic rings. The summed E-state index contributed by atoms with van der Waals surface area (Å²) in [5.41, 5.74) is 4.40. The number of hydrogen-bond donors (Lipinski definition) is 2. The van der Waals surface area contributed by atoms with Crippen LogP contribution in [0.25, 0.3) is 10.9 Å². The van der Waals surface area contributed by atoms with Crippen LogP contribution in [0.3, 0.4) is 0 Å². The Morgan fingerprint density at radius 3 is 2.73 bits per heavy atom. The predicted molar refractivity (Wildman–Crippen MR) is 100 cm³/mol. The van der Waals surface area contributed by atoms with Crippen LogP contribution in [0.15, 0.2) is 48.5 Å². The molecule has 2 unspecified atom stereocenters. The maximum atomic E-state index is 12.3. The van der Waals surface area contributed by atoms with E-state index in [9.17, 15) is 4.79 Å². The number of nitrogens with one attached hydrogen (secondary N) is 2. The third-order valence-corrected chi connectivity index (χ3v) is 4.90. The van der Waals surface area contributed by atoms with E-state index in [1.807, 2.05) is 37.3 Å². The Labute approximate surface area is 152 Å². The summed E-state index contributed by atoms with van der Waals surface area (Å²) in [5.74, 6) is 0.595. The highest BCUT2D eigenvalue weighted by atomic mass is 16.5. The third-order valence-electron chi connectivity index (χ3n) is 4.90. The summed E-state index contributed by atoms with van der Waals surface area (Å²) in [6, 6.07) is 15.7. The Bertz CT molecular complexity index is 933. The third kappa shape index (κ3) is 2.84. The highest BCUT2D eigenvalue weighted by Gasteiger charge is 2.34. The van der Waals surface area contributed by atoms with Crippen molar-refractivity contribution >= 4 is 16.9 Å². The number of aromatic nitrogens is 1. The first-order valence-corrected chi connectivity index (χ1v) is 8.87. The molecule has 2 N–H and O–H groups in total. The number of benzene rings is 2. The zero-order valence-electron chi connectivity index (χ0n) is 14.9. The minimum atomic E-state index is -0.382. The van der Waals surface area contributed by atoms with Crippen LogP contribution in [0, 0.1) is 0 Å². The first kappa shape index (κ1) is 16.7. The largest absolute Gasteiger partial charge is 0.494 e. The van der Waals surface area contributed by atoms with Crippen LogP contribution >= 0.6 is 0 Å². The van der Waals surface area contributed by atoms with Gasteiger partial charge in [0.05, 0.1) is 19.8 Å². The quantitative estimate of drug-likeness (QED) is 0.709. The molecule has 0 saturated carbocycles. The average Bonchev–Trinajstić information content (AvgIpc) is 3.05. The lowest BCUT2D eigenvalue weighted by molar-refractivity contribution is -0.143. The first-order chi connectivity index (χ1) is 12.7. The molecule has 0 radical (unpaired) electrons. The molecule has 0 aliphatic carbocycles. The molecule has 0 amide bonds. The maximum Gasteiger partial charge on any atom is 0.323 e. The van der Waals surface area contributed by atoms with Crippen molar-refractivity contribution in [2.24, 2.45) is 0 Å². The summed E-state index contributed by atoms with van der Waals surface area (Å²) < 4.78 is 10.7. The Morgan fingerprint density at radius 1 is 1.19 bits per heavy atom. The van der Waals surface area contributed by atoms with Crippen LogP contribution in [0.4, 0.5) is 0 Å². The maximum absolute atomic E-state index is 12.3. The monoisotopic (exact) mass is 350 g/mol. The number of hydrogen-bond acceptors (Lipinski definition) is 4. The second kappa shape index (κ2) is 6.84. The Hall–Kier alpha value is -2.79. The topological polar surface area (TPSA) is 63.4 Å². The van der Waals surface area contributed by atoms with Gasteiger partial charge in [-0.2, -0.15) is 0 Å². The molecule has 0 spiro atoms. The highest BCUT2D eigenvalue weighted by molar-refractivity contribution is 5.88. The van der Waals surface area contributed by atoms with Crippen LogP contribution in [-0.4, -0.2) is 30.7 Å². The second-order valence-electron chi connectivity index (χ2n) is 6.45. The summed E-state index contributed by atoms with van der Waals surface area (Å²) in [7, 11) is 1.43. The van der Waals surface area contributed by atoms with Gasteiger partial charge in [0.1, 0.15) is 11.8 Å². The molecule has 1 aromatic heterocycles. The number of H-pyrrole nitrogens is 1. The number of aromatic amines is 1. The van der Waals surface area contributed by atoms with Crippen molar-refractivity contribution in [2.45, 2.75) is 25.4 Å². The van der Waals surface area contributed by atoms with Crippen molar-refractivity contribution in [3.8, 4) is 5.75 Å². The normalized spacial score (nSPS) is 19.2. The predicted octanol–water partition coefficient (Wildman–Crippen LogP) is 3.34. The SMILES string of the molecule is CCOc1ccc2[nH]c3c(c2c1)CC(C(=O)OC)NC3c1ccccc1. The molecule has 134 valence electrons. The summed E-state index contributed by atoms with van der Waals surface area (Å²) in [6.45, 7) is 2.59. The summed E-state index contributed by atoms with van der Waals surface area (Å²) in [5, 5.41) is 4.54. The van der Waals surface area contributed by atoms with Crippen molar-refractivity contribution in [3.05, 3.63) is 65.4 Å². The van der Waals surface area contributed by atoms with Gasteiger partial charge in [-0.25, -0.2) is 0 Å². The van der Waals surface area contributed by atoms with Gasteiger partial charge in [-0.15, -0.1) is 0 Å². The number of ether oxygens (including phenoxy) is 2. The zero-order valence-corrected chi connectivity index (χ0v) is 14.9. The van der Waals surface area contributed by atoms with E-state index in [1.54, 1.807) is 0 Å². The van der Waals surface area contributed by atoms with Crippen LogP contribution < -0.4 is 10.1 Å². The molecule has 5 heteroatoms. The number of methoxy groups -OCH3 is 1. The summed E-state index contributed by atoms with van der Waals surface area (Å²) >= 11 is 0. The molecule has 2 aromatic carbocycles. The van der Waals surface area contributed by atoms with Gasteiger partial charge in [0.25, 0.3) is 0 Å². The molecule has 2 heterocycles.